The second-order valence-electron chi connectivity index (χ2n) is 7.00. The molecule has 1 N–H and O–H groups in total. The molecule has 164 valence electrons. The average Bonchev–Trinajstić information content (AvgIpc) is 3.33. The van der Waals surface area contributed by atoms with Gasteiger partial charge in [-0.3, -0.25) is 20.2 Å². The van der Waals surface area contributed by atoms with E-state index < -0.39 is 16.5 Å². The summed E-state index contributed by atoms with van der Waals surface area (Å²) in [7, 11) is 2.74. The number of aryl methyl sites for hydroxylation is 2. The average molecular weight is 453 g/mol. The predicted molar refractivity (Wildman–Crippen MR) is 120 cm³/mol. The number of nitro groups is 1. The zero-order valence-electron chi connectivity index (χ0n) is 17.7. The van der Waals surface area contributed by atoms with Crippen molar-refractivity contribution in [2.24, 2.45) is 0 Å². The second-order valence-corrected chi connectivity index (χ2v) is 7.84. The Bertz CT molecular complexity index is 1360. The van der Waals surface area contributed by atoms with Gasteiger partial charge in [-0.25, -0.2) is 4.52 Å². The van der Waals surface area contributed by atoms with E-state index in [9.17, 15) is 14.9 Å². The van der Waals surface area contributed by atoms with Crippen LogP contribution in [0.25, 0.3) is 16.2 Å². The molecular formula is C21H19N5O5S. The molecule has 11 heteroatoms. The molecule has 2 heterocycles. The molecule has 0 spiro atoms. The molecule has 0 atom stereocenters. The van der Waals surface area contributed by atoms with Crippen LogP contribution in [0, 0.1) is 24.0 Å². The van der Waals surface area contributed by atoms with E-state index in [4.69, 9.17) is 9.47 Å². The summed E-state index contributed by atoms with van der Waals surface area (Å²) in [6.45, 7) is 4.04. The fraction of sp³-hybridized carbons (Fsp3) is 0.190. The number of aromatic nitrogens is 3. The Morgan fingerprint density at radius 1 is 1.16 bits per heavy atom. The number of benzene rings is 2. The number of fused-ring (bicyclic) bond motifs is 1. The van der Waals surface area contributed by atoms with Crippen LogP contribution < -0.4 is 14.8 Å². The van der Waals surface area contributed by atoms with Crippen molar-refractivity contribution < 1.29 is 19.2 Å². The molecule has 2 aromatic heterocycles. The molecule has 32 heavy (non-hydrogen) atoms. The summed E-state index contributed by atoms with van der Waals surface area (Å²) < 4.78 is 11.9. The quantitative estimate of drug-likeness (QED) is 0.342. The number of anilines is 1. The first-order chi connectivity index (χ1) is 15.3. The van der Waals surface area contributed by atoms with E-state index in [1.165, 1.54) is 31.6 Å². The number of hydrogen-bond donors (Lipinski definition) is 1. The molecule has 0 saturated carbocycles. The van der Waals surface area contributed by atoms with Crippen molar-refractivity contribution in [2.75, 3.05) is 19.5 Å². The fourth-order valence-corrected chi connectivity index (χ4v) is 4.21. The Hall–Kier alpha value is -3.99. The first-order valence-electron chi connectivity index (χ1n) is 9.46. The number of carbonyl (C=O) groups is 1. The zero-order chi connectivity index (χ0) is 23.0. The Morgan fingerprint density at radius 3 is 2.53 bits per heavy atom. The number of amides is 1. The van der Waals surface area contributed by atoms with Crippen LogP contribution in [0.2, 0.25) is 0 Å². The van der Waals surface area contributed by atoms with Crippen LogP contribution in [0.1, 0.15) is 21.5 Å². The van der Waals surface area contributed by atoms with Crippen LogP contribution in [-0.2, 0) is 0 Å². The lowest BCUT2D eigenvalue weighted by Gasteiger charge is -2.10. The molecule has 0 saturated heterocycles. The maximum absolute atomic E-state index is 12.9. The normalized spacial score (nSPS) is 10.9. The van der Waals surface area contributed by atoms with Gasteiger partial charge in [-0.05, 0) is 19.4 Å². The number of hydrogen-bond acceptors (Lipinski definition) is 8. The molecule has 0 aliphatic heterocycles. The van der Waals surface area contributed by atoms with Gasteiger partial charge in [0, 0.05) is 17.0 Å². The highest BCUT2D eigenvalue weighted by Gasteiger charge is 2.26. The molecule has 0 fully saturated rings. The Labute approximate surface area is 186 Å². The maximum atomic E-state index is 12.9. The van der Waals surface area contributed by atoms with Gasteiger partial charge in [0.15, 0.2) is 11.5 Å². The van der Waals surface area contributed by atoms with Gasteiger partial charge in [-0.2, -0.15) is 4.98 Å². The minimum absolute atomic E-state index is 0.0388. The SMILES string of the molecule is COc1cc(C(=O)Nc2nc3scc(-c4ccc(C)cc4C)n3n2)c([N+](=O)[O-])cc1OC. The van der Waals surface area contributed by atoms with Crippen LogP contribution in [0.4, 0.5) is 11.6 Å². The first kappa shape index (κ1) is 21.2. The van der Waals surface area contributed by atoms with Gasteiger partial charge in [0.1, 0.15) is 5.56 Å². The highest BCUT2D eigenvalue weighted by Crippen LogP contribution is 2.35. The summed E-state index contributed by atoms with van der Waals surface area (Å²) in [6, 6.07) is 8.51. The monoisotopic (exact) mass is 453 g/mol. The number of rotatable bonds is 6. The van der Waals surface area contributed by atoms with Crippen molar-refractivity contribution in [3.8, 4) is 22.8 Å². The molecule has 0 radical (unpaired) electrons. The Morgan fingerprint density at radius 2 is 1.88 bits per heavy atom. The number of nitro benzene ring substituents is 1. The lowest BCUT2D eigenvalue weighted by Crippen LogP contribution is -2.15. The number of carbonyl (C=O) groups excluding carboxylic acids is 1. The lowest BCUT2D eigenvalue weighted by atomic mass is 10.0. The highest BCUT2D eigenvalue weighted by molar-refractivity contribution is 7.15. The highest BCUT2D eigenvalue weighted by atomic mass is 32.1. The summed E-state index contributed by atoms with van der Waals surface area (Å²) in [6.07, 6.45) is 0. The standard InChI is InChI=1S/C21H19N5O5S/c1-11-5-6-13(12(2)7-11)16-10-32-21-23-20(24-25(16)21)22-19(27)14-8-17(30-3)18(31-4)9-15(14)26(28)29/h5-10H,1-4H3,(H,22,24,27). The molecule has 4 rings (SSSR count). The van der Waals surface area contributed by atoms with Gasteiger partial charge >= 0.3 is 0 Å². The molecular weight excluding hydrogens is 434 g/mol. The van der Waals surface area contributed by atoms with Crippen LogP contribution in [-0.4, -0.2) is 39.6 Å². The molecule has 2 aromatic carbocycles. The largest absolute Gasteiger partial charge is 0.493 e. The van der Waals surface area contributed by atoms with E-state index >= 15 is 0 Å². The second kappa shape index (κ2) is 8.27. The van der Waals surface area contributed by atoms with Crippen molar-refractivity contribution in [2.45, 2.75) is 13.8 Å². The molecule has 0 aliphatic carbocycles. The smallest absolute Gasteiger partial charge is 0.286 e. The van der Waals surface area contributed by atoms with Crippen molar-refractivity contribution >= 4 is 33.8 Å². The molecule has 1 amide bonds. The number of nitrogens with zero attached hydrogens (tertiary/aromatic N) is 4. The molecule has 10 nitrogen and oxygen atoms in total. The molecule has 0 unspecified atom stereocenters. The minimum Gasteiger partial charge on any atom is -0.493 e. The van der Waals surface area contributed by atoms with Crippen molar-refractivity contribution in [3.63, 3.8) is 0 Å². The van der Waals surface area contributed by atoms with Crippen molar-refractivity contribution in [3.05, 3.63) is 62.5 Å². The summed E-state index contributed by atoms with van der Waals surface area (Å²) in [4.78, 5) is 28.6. The third kappa shape index (κ3) is 3.73. The fourth-order valence-electron chi connectivity index (χ4n) is 3.39. The van der Waals surface area contributed by atoms with E-state index in [0.717, 1.165) is 28.5 Å². The van der Waals surface area contributed by atoms with Gasteiger partial charge in [0.05, 0.1) is 30.9 Å². The Kier molecular flexibility index (Phi) is 5.49. The van der Waals surface area contributed by atoms with Gasteiger partial charge in [-0.1, -0.05) is 23.8 Å². The number of methoxy groups -OCH3 is 2. The van der Waals surface area contributed by atoms with Crippen LogP contribution in [0.15, 0.2) is 35.7 Å². The maximum Gasteiger partial charge on any atom is 0.286 e. The van der Waals surface area contributed by atoms with Crippen LogP contribution >= 0.6 is 11.3 Å². The number of nitrogens with one attached hydrogen (secondary N) is 1. The number of ether oxygens (including phenoxy) is 2. The molecule has 0 bridgehead atoms. The summed E-state index contributed by atoms with van der Waals surface area (Å²) in [5, 5.41) is 20.4. The number of thiazole rings is 1. The van der Waals surface area contributed by atoms with Gasteiger partial charge < -0.3 is 9.47 Å². The molecule has 4 aromatic rings. The summed E-state index contributed by atoms with van der Waals surface area (Å²) in [5.74, 6) is -0.352. The lowest BCUT2D eigenvalue weighted by molar-refractivity contribution is -0.385. The van der Waals surface area contributed by atoms with Crippen molar-refractivity contribution in [1.82, 2.24) is 14.6 Å². The van der Waals surface area contributed by atoms with Crippen molar-refractivity contribution in [1.29, 1.82) is 0 Å². The third-order valence-corrected chi connectivity index (χ3v) is 5.72. The van der Waals surface area contributed by atoms with E-state index in [1.54, 1.807) is 4.52 Å². The summed E-state index contributed by atoms with van der Waals surface area (Å²) in [5.41, 5.74) is 3.47. The molecule has 0 aliphatic rings. The van der Waals surface area contributed by atoms with Crippen LogP contribution in [0.5, 0.6) is 11.5 Å². The van der Waals surface area contributed by atoms with E-state index in [1.807, 2.05) is 31.4 Å². The van der Waals surface area contributed by atoms with Gasteiger partial charge in [0.25, 0.3) is 17.5 Å². The third-order valence-electron chi connectivity index (χ3n) is 4.91. The predicted octanol–water partition coefficient (Wildman–Crippen LogP) is 4.25. The van der Waals surface area contributed by atoms with E-state index in [-0.39, 0.29) is 23.0 Å². The van der Waals surface area contributed by atoms with E-state index in [0.29, 0.717) is 4.96 Å². The topological polar surface area (TPSA) is 121 Å². The van der Waals surface area contributed by atoms with Crippen LogP contribution in [0.3, 0.4) is 0 Å². The van der Waals surface area contributed by atoms with Gasteiger partial charge in [0.2, 0.25) is 4.96 Å². The zero-order valence-corrected chi connectivity index (χ0v) is 18.5. The Balaban J connectivity index is 1.69. The summed E-state index contributed by atoms with van der Waals surface area (Å²) >= 11 is 1.38. The van der Waals surface area contributed by atoms with E-state index in [2.05, 4.69) is 21.5 Å². The first-order valence-corrected chi connectivity index (χ1v) is 10.3. The van der Waals surface area contributed by atoms with Gasteiger partial charge in [-0.15, -0.1) is 16.4 Å². The minimum atomic E-state index is -0.732.